The molecular weight excluding hydrogens is 390 g/mol. The maximum absolute atomic E-state index is 12.8. The molecule has 3 rings (SSSR count). The first-order valence-corrected chi connectivity index (χ1v) is 8.14. The number of H-pyrrole nitrogens is 1. The molecule has 4 nitrogen and oxygen atoms in total. The van der Waals surface area contributed by atoms with Gasteiger partial charge in [-0.1, -0.05) is 0 Å². The van der Waals surface area contributed by atoms with Crippen molar-refractivity contribution in [1.29, 1.82) is 0 Å². The van der Waals surface area contributed by atoms with Crippen LogP contribution >= 0.6 is 24.8 Å². The summed E-state index contributed by atoms with van der Waals surface area (Å²) in [6.45, 7) is 3.10. The molecule has 0 bridgehead atoms. The van der Waals surface area contributed by atoms with Crippen molar-refractivity contribution in [2.45, 2.75) is 25.1 Å². The van der Waals surface area contributed by atoms with Gasteiger partial charge in [-0.25, -0.2) is 0 Å². The van der Waals surface area contributed by atoms with Crippen molar-refractivity contribution in [2.24, 2.45) is 0 Å². The molecule has 2 aromatic rings. The van der Waals surface area contributed by atoms with Crippen LogP contribution in [0.15, 0.2) is 24.4 Å². The maximum atomic E-state index is 12.8. The number of nitrogens with one attached hydrogen (secondary N) is 2. The molecule has 148 valence electrons. The zero-order valence-electron chi connectivity index (χ0n) is 14.4. The van der Waals surface area contributed by atoms with Crippen LogP contribution in [0.4, 0.5) is 13.2 Å². The number of alkyl halides is 3. The molecular formula is C17H24Cl2F3N3O. The van der Waals surface area contributed by atoms with Crippen molar-refractivity contribution in [3.63, 3.8) is 0 Å². The summed E-state index contributed by atoms with van der Waals surface area (Å²) in [7, 11) is 1.59. The lowest BCUT2D eigenvalue weighted by molar-refractivity contribution is -0.138. The lowest BCUT2D eigenvalue weighted by atomic mass is 9.98. The Labute approximate surface area is 163 Å². The van der Waals surface area contributed by atoms with Gasteiger partial charge in [0.15, 0.2) is 0 Å². The number of nitrogens with zero attached hydrogens (tertiary/aromatic N) is 1. The number of methoxy groups -OCH3 is 1. The Bertz CT molecular complexity index is 687. The normalized spacial score (nSPS) is 16.6. The summed E-state index contributed by atoms with van der Waals surface area (Å²) in [6, 6.07) is 5.38. The molecule has 1 aliphatic rings. The minimum absolute atomic E-state index is 0. The fourth-order valence-electron chi connectivity index (χ4n) is 3.35. The van der Waals surface area contributed by atoms with E-state index in [0.717, 1.165) is 42.6 Å². The first-order chi connectivity index (χ1) is 11.5. The predicted octanol–water partition coefficient (Wildman–Crippen LogP) is 4.31. The van der Waals surface area contributed by atoms with Gasteiger partial charge in [0.2, 0.25) is 0 Å². The molecule has 1 aromatic heterocycles. The molecule has 1 saturated heterocycles. The quantitative estimate of drug-likeness (QED) is 0.766. The minimum Gasteiger partial charge on any atom is -0.497 e. The van der Waals surface area contributed by atoms with E-state index in [1.807, 2.05) is 24.4 Å². The second-order valence-electron chi connectivity index (χ2n) is 6.11. The van der Waals surface area contributed by atoms with E-state index < -0.39 is 12.6 Å². The van der Waals surface area contributed by atoms with Crippen molar-refractivity contribution in [1.82, 2.24) is 15.2 Å². The van der Waals surface area contributed by atoms with Gasteiger partial charge in [-0.05, 0) is 30.2 Å². The van der Waals surface area contributed by atoms with Crippen molar-refractivity contribution in [3.8, 4) is 5.75 Å². The lowest BCUT2D eigenvalue weighted by Crippen LogP contribution is -2.45. The first-order valence-electron chi connectivity index (χ1n) is 8.14. The van der Waals surface area contributed by atoms with E-state index in [1.165, 1.54) is 0 Å². The van der Waals surface area contributed by atoms with Gasteiger partial charge in [0.1, 0.15) is 5.75 Å². The number of piperazine rings is 1. The number of benzene rings is 1. The van der Waals surface area contributed by atoms with Crippen LogP contribution in [0.2, 0.25) is 0 Å². The molecule has 1 aliphatic heterocycles. The molecule has 0 spiro atoms. The molecule has 0 aliphatic carbocycles. The predicted molar refractivity (Wildman–Crippen MR) is 102 cm³/mol. The number of aromatic amines is 1. The van der Waals surface area contributed by atoms with E-state index in [-0.39, 0.29) is 37.3 Å². The van der Waals surface area contributed by atoms with E-state index >= 15 is 0 Å². The summed E-state index contributed by atoms with van der Waals surface area (Å²) in [6.07, 6.45) is -3.02. The van der Waals surface area contributed by atoms with Gasteiger partial charge in [0.05, 0.1) is 7.11 Å². The minimum atomic E-state index is -4.14. The van der Waals surface area contributed by atoms with Crippen molar-refractivity contribution < 1.29 is 17.9 Å². The second-order valence-corrected chi connectivity index (χ2v) is 6.11. The highest BCUT2D eigenvalue weighted by molar-refractivity contribution is 5.86. The Morgan fingerprint density at radius 3 is 2.50 bits per heavy atom. The molecule has 1 aromatic carbocycles. The highest BCUT2D eigenvalue weighted by Crippen LogP contribution is 2.36. The Kier molecular flexibility index (Phi) is 8.53. The van der Waals surface area contributed by atoms with Gasteiger partial charge >= 0.3 is 6.18 Å². The van der Waals surface area contributed by atoms with Crippen LogP contribution in [-0.2, 0) is 0 Å². The molecule has 0 saturated carbocycles. The number of halogens is 5. The molecule has 0 amide bonds. The topological polar surface area (TPSA) is 40.3 Å². The van der Waals surface area contributed by atoms with E-state index in [9.17, 15) is 13.2 Å². The number of ether oxygens (including phenoxy) is 1. The van der Waals surface area contributed by atoms with Crippen molar-refractivity contribution >= 4 is 35.7 Å². The summed E-state index contributed by atoms with van der Waals surface area (Å²) in [5.41, 5.74) is 1.83. The van der Waals surface area contributed by atoms with Crippen LogP contribution < -0.4 is 10.1 Å². The fourth-order valence-corrected chi connectivity index (χ4v) is 3.35. The fraction of sp³-hybridized carbons (Fsp3) is 0.529. The molecule has 26 heavy (non-hydrogen) atoms. The van der Waals surface area contributed by atoms with Crippen LogP contribution in [0.1, 0.15) is 24.4 Å². The van der Waals surface area contributed by atoms with Gasteiger partial charge in [-0.15, -0.1) is 24.8 Å². The first kappa shape index (κ1) is 22.9. The van der Waals surface area contributed by atoms with Gasteiger partial charge in [-0.2, -0.15) is 13.2 Å². The average molecular weight is 414 g/mol. The zero-order valence-corrected chi connectivity index (χ0v) is 16.1. The van der Waals surface area contributed by atoms with Crippen molar-refractivity contribution in [3.05, 3.63) is 30.0 Å². The molecule has 0 radical (unpaired) electrons. The van der Waals surface area contributed by atoms with E-state index in [2.05, 4.69) is 15.2 Å². The zero-order chi connectivity index (χ0) is 17.2. The highest BCUT2D eigenvalue weighted by Gasteiger charge is 2.32. The van der Waals surface area contributed by atoms with E-state index in [4.69, 9.17) is 4.74 Å². The summed E-state index contributed by atoms with van der Waals surface area (Å²) >= 11 is 0. The summed E-state index contributed by atoms with van der Waals surface area (Å²) in [5, 5.41) is 4.18. The Balaban J connectivity index is 0.00000169. The maximum Gasteiger partial charge on any atom is 0.389 e. The molecule has 2 heterocycles. The summed E-state index contributed by atoms with van der Waals surface area (Å²) in [5.74, 6) is 0.707. The third-order valence-corrected chi connectivity index (χ3v) is 4.57. The smallest absolute Gasteiger partial charge is 0.389 e. The Morgan fingerprint density at radius 1 is 1.19 bits per heavy atom. The van der Waals surface area contributed by atoms with E-state index in [1.54, 1.807) is 7.11 Å². The summed E-state index contributed by atoms with van der Waals surface area (Å²) < 4.78 is 43.7. The van der Waals surface area contributed by atoms with Crippen LogP contribution in [0.3, 0.4) is 0 Å². The number of aromatic nitrogens is 1. The molecule has 1 atom stereocenters. The van der Waals surface area contributed by atoms with Crippen LogP contribution in [0.5, 0.6) is 5.75 Å². The number of hydrogen-bond donors (Lipinski definition) is 2. The van der Waals surface area contributed by atoms with Gasteiger partial charge in [0.25, 0.3) is 0 Å². The average Bonchev–Trinajstić information content (AvgIpc) is 2.98. The lowest BCUT2D eigenvalue weighted by Gasteiger charge is -2.35. The van der Waals surface area contributed by atoms with Crippen LogP contribution in [0.25, 0.3) is 10.9 Å². The Morgan fingerprint density at radius 2 is 1.88 bits per heavy atom. The third kappa shape index (κ3) is 5.42. The number of hydrogen-bond acceptors (Lipinski definition) is 3. The van der Waals surface area contributed by atoms with Crippen LogP contribution in [-0.4, -0.2) is 49.3 Å². The molecule has 2 N–H and O–H groups in total. The molecule has 0 unspecified atom stereocenters. The monoisotopic (exact) mass is 413 g/mol. The summed E-state index contributed by atoms with van der Waals surface area (Å²) in [4.78, 5) is 5.32. The highest BCUT2D eigenvalue weighted by atomic mass is 35.5. The standard InChI is InChI=1S/C17H22F3N3O.2ClH/c1-24-12-2-3-15-13(10-12)14(11-22-15)16(4-5-17(18,19)20)23-8-6-21-7-9-23;;/h2-3,10-11,16,21-22H,4-9H2,1H3;2*1H/t16-;;/m1../s1. The van der Waals surface area contributed by atoms with Crippen molar-refractivity contribution in [2.75, 3.05) is 33.3 Å². The Hall–Kier alpha value is -1.15. The third-order valence-electron chi connectivity index (χ3n) is 4.57. The number of rotatable bonds is 5. The van der Waals surface area contributed by atoms with Crippen LogP contribution in [0, 0.1) is 0 Å². The van der Waals surface area contributed by atoms with Gasteiger partial charge in [0, 0.05) is 55.7 Å². The molecule has 1 fully saturated rings. The van der Waals surface area contributed by atoms with Gasteiger partial charge in [-0.3, -0.25) is 4.90 Å². The van der Waals surface area contributed by atoms with Gasteiger partial charge < -0.3 is 15.0 Å². The molecule has 9 heteroatoms. The van der Waals surface area contributed by atoms with E-state index in [0.29, 0.717) is 5.75 Å². The number of fused-ring (bicyclic) bond motifs is 1. The SMILES string of the molecule is COc1ccc2[nH]cc([C@@H](CCC(F)(F)F)N3CCNCC3)c2c1.Cl.Cl. The second kappa shape index (κ2) is 9.69. The largest absolute Gasteiger partial charge is 0.497 e.